The van der Waals surface area contributed by atoms with Crippen molar-refractivity contribution < 1.29 is 24.2 Å². The predicted octanol–water partition coefficient (Wildman–Crippen LogP) is 4.26. The summed E-state index contributed by atoms with van der Waals surface area (Å²) in [4.78, 5) is 39.4. The molecule has 2 unspecified atom stereocenters. The molecule has 1 saturated carbocycles. The van der Waals surface area contributed by atoms with Crippen LogP contribution in [-0.4, -0.2) is 53.7 Å². The zero-order valence-corrected chi connectivity index (χ0v) is 20.0. The van der Waals surface area contributed by atoms with Crippen LogP contribution >= 0.6 is 0 Å². The highest BCUT2D eigenvalue weighted by Gasteiger charge is 2.38. The molecule has 0 bridgehead atoms. The van der Waals surface area contributed by atoms with Gasteiger partial charge in [-0.05, 0) is 46.9 Å². The molecule has 2 N–H and O–H groups in total. The summed E-state index contributed by atoms with van der Waals surface area (Å²) in [5.41, 5.74) is 4.58. The van der Waals surface area contributed by atoms with Gasteiger partial charge in [0.1, 0.15) is 12.6 Å². The van der Waals surface area contributed by atoms with E-state index in [9.17, 15) is 19.5 Å². The highest BCUT2D eigenvalue weighted by molar-refractivity contribution is 5.86. The van der Waals surface area contributed by atoms with Gasteiger partial charge in [-0.2, -0.15) is 0 Å². The Kier molecular flexibility index (Phi) is 6.50. The third-order valence-corrected chi connectivity index (χ3v) is 7.79. The molecule has 1 aliphatic heterocycles. The second-order valence-corrected chi connectivity index (χ2v) is 10.2. The molecule has 35 heavy (non-hydrogen) atoms. The number of nitrogens with zero attached hydrogens (tertiary/aromatic N) is 1. The smallest absolute Gasteiger partial charge is 0.407 e. The number of aliphatic carboxylic acids is 1. The van der Waals surface area contributed by atoms with E-state index in [1.54, 1.807) is 4.90 Å². The fraction of sp³-hybridized carbons (Fsp3) is 0.464. The van der Waals surface area contributed by atoms with E-state index >= 15 is 0 Å². The Hall–Kier alpha value is -3.35. The molecule has 3 aliphatic rings. The van der Waals surface area contributed by atoms with Crippen LogP contribution in [0.1, 0.15) is 49.7 Å². The van der Waals surface area contributed by atoms with Crippen molar-refractivity contribution in [3.8, 4) is 11.1 Å². The van der Waals surface area contributed by atoms with E-state index in [2.05, 4.69) is 29.6 Å². The summed E-state index contributed by atoms with van der Waals surface area (Å²) in [6.07, 6.45) is 2.69. The second-order valence-electron chi connectivity index (χ2n) is 10.2. The van der Waals surface area contributed by atoms with Crippen LogP contribution in [-0.2, 0) is 14.3 Å². The van der Waals surface area contributed by atoms with Gasteiger partial charge in [-0.15, -0.1) is 0 Å². The SMILES string of the molecule is CC1CCN(C(=O)[C@H](CC2CC2)NC(=O)OCC2c3ccccc3-c3ccccc32)CC1C(=O)O. The fourth-order valence-corrected chi connectivity index (χ4v) is 5.50. The first kappa shape index (κ1) is 23.4. The maximum absolute atomic E-state index is 13.3. The number of nitrogens with one attached hydrogen (secondary N) is 1. The van der Waals surface area contributed by atoms with Crippen LogP contribution in [0.3, 0.4) is 0 Å². The van der Waals surface area contributed by atoms with Gasteiger partial charge >= 0.3 is 12.1 Å². The van der Waals surface area contributed by atoms with Gasteiger partial charge in [0, 0.05) is 19.0 Å². The van der Waals surface area contributed by atoms with Crippen molar-refractivity contribution in [3.05, 3.63) is 59.7 Å². The largest absolute Gasteiger partial charge is 0.481 e. The summed E-state index contributed by atoms with van der Waals surface area (Å²) in [5.74, 6) is -1.28. The van der Waals surface area contributed by atoms with Crippen molar-refractivity contribution in [2.24, 2.45) is 17.8 Å². The van der Waals surface area contributed by atoms with Crippen molar-refractivity contribution >= 4 is 18.0 Å². The van der Waals surface area contributed by atoms with E-state index in [0.717, 1.165) is 35.1 Å². The molecule has 0 spiro atoms. The Morgan fingerprint density at radius 2 is 1.66 bits per heavy atom. The summed E-state index contributed by atoms with van der Waals surface area (Å²) in [5, 5.41) is 12.3. The minimum absolute atomic E-state index is 0.0218. The number of likely N-dealkylation sites (tertiary alicyclic amines) is 1. The Morgan fingerprint density at radius 1 is 1.03 bits per heavy atom. The maximum Gasteiger partial charge on any atom is 0.407 e. The number of carbonyl (C=O) groups is 3. The van der Waals surface area contributed by atoms with E-state index < -0.39 is 24.0 Å². The van der Waals surface area contributed by atoms with Gasteiger partial charge < -0.3 is 20.1 Å². The van der Waals surface area contributed by atoms with Gasteiger partial charge in [-0.25, -0.2) is 4.79 Å². The van der Waals surface area contributed by atoms with Gasteiger partial charge in [0.25, 0.3) is 0 Å². The summed E-state index contributed by atoms with van der Waals surface area (Å²) in [6.45, 7) is 2.80. The number of carbonyl (C=O) groups excluding carboxylic acids is 2. The number of alkyl carbamates (subject to hydrolysis) is 1. The number of piperidine rings is 1. The second kappa shape index (κ2) is 9.72. The molecule has 2 fully saturated rings. The number of amides is 2. The summed E-state index contributed by atoms with van der Waals surface area (Å²) < 4.78 is 5.67. The van der Waals surface area contributed by atoms with E-state index in [-0.39, 0.29) is 30.9 Å². The number of benzene rings is 2. The van der Waals surface area contributed by atoms with Crippen molar-refractivity contribution in [1.82, 2.24) is 10.2 Å². The van der Waals surface area contributed by atoms with Crippen LogP contribution in [0.25, 0.3) is 11.1 Å². The van der Waals surface area contributed by atoms with Crippen LogP contribution in [0.15, 0.2) is 48.5 Å². The average molecular weight is 477 g/mol. The predicted molar refractivity (Wildman–Crippen MR) is 131 cm³/mol. The van der Waals surface area contributed by atoms with Gasteiger partial charge in [-0.3, -0.25) is 9.59 Å². The van der Waals surface area contributed by atoms with Crippen LogP contribution < -0.4 is 5.32 Å². The van der Waals surface area contributed by atoms with Gasteiger partial charge in [0.2, 0.25) is 5.91 Å². The molecular formula is C28H32N2O5. The number of hydrogen-bond acceptors (Lipinski definition) is 4. The van der Waals surface area contributed by atoms with Crippen LogP contribution in [0, 0.1) is 17.8 Å². The third-order valence-electron chi connectivity index (χ3n) is 7.79. The molecule has 2 amide bonds. The zero-order chi connectivity index (χ0) is 24.5. The van der Waals surface area contributed by atoms with Gasteiger partial charge in [-0.1, -0.05) is 68.3 Å². The zero-order valence-electron chi connectivity index (χ0n) is 20.0. The molecule has 7 nitrogen and oxygen atoms in total. The molecule has 5 rings (SSSR count). The molecule has 0 aromatic heterocycles. The van der Waals surface area contributed by atoms with Crippen molar-refractivity contribution in [2.45, 2.75) is 44.6 Å². The summed E-state index contributed by atoms with van der Waals surface area (Å²) in [7, 11) is 0. The molecule has 7 heteroatoms. The van der Waals surface area contributed by atoms with Crippen molar-refractivity contribution in [2.75, 3.05) is 19.7 Å². The number of rotatable bonds is 7. The first-order valence-corrected chi connectivity index (χ1v) is 12.6. The topological polar surface area (TPSA) is 95.9 Å². The molecule has 2 aromatic carbocycles. The van der Waals surface area contributed by atoms with E-state index in [0.29, 0.717) is 25.3 Å². The molecule has 184 valence electrons. The monoisotopic (exact) mass is 476 g/mol. The number of carboxylic acids is 1. The first-order chi connectivity index (χ1) is 16.9. The molecule has 2 aliphatic carbocycles. The van der Waals surface area contributed by atoms with Crippen LogP contribution in [0.4, 0.5) is 4.79 Å². The maximum atomic E-state index is 13.3. The molecule has 1 saturated heterocycles. The minimum atomic E-state index is -0.877. The van der Waals surface area contributed by atoms with Crippen LogP contribution in [0.5, 0.6) is 0 Å². The normalized spacial score (nSPS) is 22.1. The molecule has 0 radical (unpaired) electrons. The Labute approximate surface area is 205 Å². The van der Waals surface area contributed by atoms with E-state index in [1.165, 1.54) is 0 Å². The van der Waals surface area contributed by atoms with Gasteiger partial charge in [0.15, 0.2) is 0 Å². The highest BCUT2D eigenvalue weighted by Crippen LogP contribution is 2.44. The molecule has 2 aromatic rings. The lowest BCUT2D eigenvalue weighted by atomic mass is 9.86. The first-order valence-electron chi connectivity index (χ1n) is 12.6. The molecular weight excluding hydrogens is 444 g/mol. The average Bonchev–Trinajstić information content (AvgIpc) is 3.62. The van der Waals surface area contributed by atoms with E-state index in [1.807, 2.05) is 31.2 Å². The summed E-state index contributed by atoms with van der Waals surface area (Å²) >= 11 is 0. The molecule has 3 atom stereocenters. The quantitative estimate of drug-likeness (QED) is 0.622. The van der Waals surface area contributed by atoms with Crippen molar-refractivity contribution in [3.63, 3.8) is 0 Å². The van der Waals surface area contributed by atoms with Gasteiger partial charge in [0.05, 0.1) is 5.92 Å². The minimum Gasteiger partial charge on any atom is -0.481 e. The Bertz CT molecular complexity index is 1080. The number of carboxylic acid groups (broad SMARTS) is 1. The third kappa shape index (κ3) is 4.90. The fourth-order valence-electron chi connectivity index (χ4n) is 5.50. The lowest BCUT2D eigenvalue weighted by Crippen LogP contribution is -2.53. The van der Waals surface area contributed by atoms with Crippen molar-refractivity contribution in [1.29, 1.82) is 0 Å². The lowest BCUT2D eigenvalue weighted by molar-refractivity contribution is -0.148. The van der Waals surface area contributed by atoms with Crippen LogP contribution in [0.2, 0.25) is 0 Å². The Morgan fingerprint density at radius 3 is 2.26 bits per heavy atom. The lowest BCUT2D eigenvalue weighted by Gasteiger charge is -2.36. The molecule has 1 heterocycles. The van der Waals surface area contributed by atoms with E-state index in [4.69, 9.17) is 4.74 Å². The Balaban J connectivity index is 1.24. The number of hydrogen-bond donors (Lipinski definition) is 2. The summed E-state index contributed by atoms with van der Waals surface area (Å²) in [6, 6.07) is 15.6. The highest BCUT2D eigenvalue weighted by atomic mass is 16.5. The number of ether oxygens (including phenoxy) is 1. The number of fused-ring (bicyclic) bond motifs is 3. The standard InChI is InChI=1S/C28H32N2O5/c1-17-12-13-30(15-23(17)27(32)33)26(31)25(14-18-10-11-18)29-28(34)35-16-24-21-8-4-2-6-19(21)20-7-3-5-9-22(20)24/h2-9,17-18,23-25H,10-16H2,1H3,(H,29,34)(H,32,33)/t17?,23?,25-/m0/s1.